The van der Waals surface area contributed by atoms with Crippen molar-refractivity contribution in [1.82, 2.24) is 14.7 Å². The van der Waals surface area contributed by atoms with E-state index >= 15 is 0 Å². The molecular weight excluding hydrogens is 266 g/mol. The molecule has 0 aliphatic carbocycles. The summed E-state index contributed by atoms with van der Waals surface area (Å²) in [5.41, 5.74) is 1.13. The van der Waals surface area contributed by atoms with Crippen LogP contribution in [0.2, 0.25) is 0 Å². The van der Waals surface area contributed by atoms with E-state index in [0.717, 1.165) is 51.4 Å². The van der Waals surface area contributed by atoms with E-state index in [0.29, 0.717) is 5.75 Å². The van der Waals surface area contributed by atoms with Gasteiger partial charge in [0, 0.05) is 45.8 Å². The van der Waals surface area contributed by atoms with Gasteiger partial charge in [-0.3, -0.25) is 9.80 Å². The molecule has 0 radical (unpaired) electrons. The summed E-state index contributed by atoms with van der Waals surface area (Å²) in [6, 6.07) is 5.66. The molecule has 0 unspecified atom stereocenters. The number of ether oxygens (including phenoxy) is 1. The zero-order valence-electron chi connectivity index (χ0n) is 13.4. The molecule has 0 amide bonds. The number of piperazine rings is 1. The maximum Gasteiger partial charge on any atom is 0.160 e. The van der Waals surface area contributed by atoms with E-state index in [1.54, 1.807) is 13.2 Å². The van der Waals surface area contributed by atoms with Crippen LogP contribution >= 0.6 is 0 Å². The minimum atomic E-state index is 0.222. The molecule has 21 heavy (non-hydrogen) atoms. The number of likely N-dealkylation sites (N-methyl/N-ethyl adjacent to an activating group) is 1. The standard InChI is InChI=1S/C16H27N3O2/c1-17(2)6-7-18-8-10-19(11-9-18)13-14-4-5-16(21-3)15(20)12-14/h4-5,12,20H,6-11,13H2,1-3H3. The molecule has 5 heteroatoms. The highest BCUT2D eigenvalue weighted by Crippen LogP contribution is 2.26. The Hall–Kier alpha value is -1.30. The number of methoxy groups -OCH3 is 1. The molecule has 1 aromatic carbocycles. The summed E-state index contributed by atoms with van der Waals surface area (Å²) in [5.74, 6) is 0.756. The highest BCUT2D eigenvalue weighted by Gasteiger charge is 2.17. The first-order valence-electron chi connectivity index (χ1n) is 7.54. The molecule has 1 aliphatic rings. The first-order valence-corrected chi connectivity index (χ1v) is 7.54. The first kappa shape index (κ1) is 16.1. The van der Waals surface area contributed by atoms with Crippen molar-refractivity contribution in [2.45, 2.75) is 6.54 Å². The molecular formula is C16H27N3O2. The molecule has 1 saturated heterocycles. The van der Waals surface area contributed by atoms with Crippen LogP contribution in [-0.4, -0.2) is 80.3 Å². The van der Waals surface area contributed by atoms with Gasteiger partial charge in [0.2, 0.25) is 0 Å². The molecule has 0 aromatic heterocycles. The van der Waals surface area contributed by atoms with Crippen LogP contribution in [0.4, 0.5) is 0 Å². The van der Waals surface area contributed by atoms with E-state index in [1.807, 2.05) is 12.1 Å². The second kappa shape index (κ2) is 7.64. The molecule has 118 valence electrons. The van der Waals surface area contributed by atoms with E-state index in [4.69, 9.17) is 4.74 Å². The Labute approximate surface area is 127 Å². The summed E-state index contributed by atoms with van der Waals surface area (Å²) in [5, 5.41) is 9.83. The molecule has 1 aromatic rings. The molecule has 2 rings (SSSR count). The number of hydrogen-bond donors (Lipinski definition) is 1. The van der Waals surface area contributed by atoms with Crippen molar-refractivity contribution in [2.75, 3.05) is 60.5 Å². The van der Waals surface area contributed by atoms with Gasteiger partial charge in [0.05, 0.1) is 7.11 Å². The van der Waals surface area contributed by atoms with Gasteiger partial charge in [-0.2, -0.15) is 0 Å². The summed E-state index contributed by atoms with van der Waals surface area (Å²) in [6.07, 6.45) is 0. The van der Waals surface area contributed by atoms with Crippen molar-refractivity contribution < 1.29 is 9.84 Å². The molecule has 1 heterocycles. The lowest BCUT2D eigenvalue weighted by Gasteiger charge is -2.35. The first-order chi connectivity index (χ1) is 10.1. The van der Waals surface area contributed by atoms with Gasteiger partial charge in [0.15, 0.2) is 11.5 Å². The van der Waals surface area contributed by atoms with Gasteiger partial charge in [0.25, 0.3) is 0 Å². The predicted octanol–water partition coefficient (Wildman–Crippen LogP) is 1.08. The van der Waals surface area contributed by atoms with Gasteiger partial charge in [0.1, 0.15) is 0 Å². The summed E-state index contributed by atoms with van der Waals surface area (Å²) in [6.45, 7) is 7.56. The Balaban J connectivity index is 1.79. The van der Waals surface area contributed by atoms with Crippen molar-refractivity contribution in [3.63, 3.8) is 0 Å². The zero-order valence-corrected chi connectivity index (χ0v) is 13.4. The van der Waals surface area contributed by atoms with Crippen molar-refractivity contribution in [3.05, 3.63) is 23.8 Å². The van der Waals surface area contributed by atoms with E-state index in [1.165, 1.54) is 0 Å². The maximum absolute atomic E-state index is 9.83. The molecule has 0 saturated carbocycles. The lowest BCUT2D eigenvalue weighted by molar-refractivity contribution is 0.120. The largest absolute Gasteiger partial charge is 0.504 e. The van der Waals surface area contributed by atoms with Crippen LogP contribution in [-0.2, 0) is 6.54 Å². The topological polar surface area (TPSA) is 39.2 Å². The second-order valence-electron chi connectivity index (χ2n) is 5.93. The van der Waals surface area contributed by atoms with Gasteiger partial charge >= 0.3 is 0 Å². The van der Waals surface area contributed by atoms with Crippen molar-refractivity contribution in [3.8, 4) is 11.5 Å². The fourth-order valence-corrected chi connectivity index (χ4v) is 2.60. The van der Waals surface area contributed by atoms with Gasteiger partial charge in [-0.1, -0.05) is 6.07 Å². The summed E-state index contributed by atoms with van der Waals surface area (Å²) < 4.78 is 5.08. The Morgan fingerprint density at radius 2 is 1.81 bits per heavy atom. The Morgan fingerprint density at radius 3 is 2.38 bits per heavy atom. The van der Waals surface area contributed by atoms with E-state index in [-0.39, 0.29) is 5.75 Å². The van der Waals surface area contributed by atoms with Gasteiger partial charge < -0.3 is 14.7 Å². The Kier molecular flexibility index (Phi) is 5.85. The smallest absolute Gasteiger partial charge is 0.160 e. The van der Waals surface area contributed by atoms with Crippen LogP contribution < -0.4 is 4.74 Å². The van der Waals surface area contributed by atoms with Crippen molar-refractivity contribution >= 4 is 0 Å². The number of hydrogen-bond acceptors (Lipinski definition) is 5. The normalized spacial score (nSPS) is 17.3. The molecule has 1 N–H and O–H groups in total. The average Bonchev–Trinajstić information content (AvgIpc) is 2.47. The molecule has 1 aliphatic heterocycles. The van der Waals surface area contributed by atoms with Crippen LogP contribution in [0.25, 0.3) is 0 Å². The Bertz CT molecular complexity index is 443. The average molecular weight is 293 g/mol. The van der Waals surface area contributed by atoms with Gasteiger partial charge in [-0.15, -0.1) is 0 Å². The van der Waals surface area contributed by atoms with E-state index in [2.05, 4.69) is 28.8 Å². The Morgan fingerprint density at radius 1 is 1.14 bits per heavy atom. The van der Waals surface area contributed by atoms with Crippen molar-refractivity contribution in [1.29, 1.82) is 0 Å². The second-order valence-corrected chi connectivity index (χ2v) is 5.93. The lowest BCUT2D eigenvalue weighted by atomic mass is 10.1. The van der Waals surface area contributed by atoms with Crippen molar-refractivity contribution in [2.24, 2.45) is 0 Å². The summed E-state index contributed by atoms with van der Waals surface area (Å²) in [4.78, 5) is 7.18. The van der Waals surface area contributed by atoms with Crippen LogP contribution in [0, 0.1) is 0 Å². The SMILES string of the molecule is COc1ccc(CN2CCN(CCN(C)C)CC2)cc1O. The van der Waals surface area contributed by atoms with Gasteiger partial charge in [-0.05, 0) is 31.8 Å². The quantitative estimate of drug-likeness (QED) is 0.850. The van der Waals surface area contributed by atoms with E-state index in [9.17, 15) is 5.11 Å². The third-order valence-corrected chi connectivity index (χ3v) is 3.98. The molecule has 0 atom stereocenters. The fourth-order valence-electron chi connectivity index (χ4n) is 2.60. The lowest BCUT2D eigenvalue weighted by Crippen LogP contribution is -2.47. The van der Waals surface area contributed by atoms with Crippen LogP contribution in [0.5, 0.6) is 11.5 Å². The third kappa shape index (κ3) is 4.88. The fraction of sp³-hybridized carbons (Fsp3) is 0.625. The van der Waals surface area contributed by atoms with Gasteiger partial charge in [-0.25, -0.2) is 0 Å². The number of rotatable bonds is 6. The highest BCUT2D eigenvalue weighted by molar-refractivity contribution is 5.41. The van der Waals surface area contributed by atoms with Crippen LogP contribution in [0.1, 0.15) is 5.56 Å². The third-order valence-electron chi connectivity index (χ3n) is 3.98. The van der Waals surface area contributed by atoms with Crippen LogP contribution in [0.3, 0.4) is 0 Å². The summed E-state index contributed by atoms with van der Waals surface area (Å²) >= 11 is 0. The highest BCUT2D eigenvalue weighted by atomic mass is 16.5. The zero-order chi connectivity index (χ0) is 15.2. The predicted molar refractivity (Wildman–Crippen MR) is 84.9 cm³/mol. The minimum absolute atomic E-state index is 0.222. The number of nitrogens with zero attached hydrogens (tertiary/aromatic N) is 3. The number of phenols is 1. The number of phenolic OH excluding ortho intramolecular Hbond substituents is 1. The van der Waals surface area contributed by atoms with E-state index < -0.39 is 0 Å². The molecule has 0 bridgehead atoms. The number of benzene rings is 1. The van der Waals surface area contributed by atoms with Crippen LogP contribution in [0.15, 0.2) is 18.2 Å². The molecule has 0 spiro atoms. The summed E-state index contributed by atoms with van der Waals surface area (Å²) in [7, 11) is 5.81. The maximum atomic E-state index is 9.83. The molecule has 1 fully saturated rings. The minimum Gasteiger partial charge on any atom is -0.504 e. The molecule has 5 nitrogen and oxygen atoms in total. The number of aromatic hydroxyl groups is 1. The monoisotopic (exact) mass is 293 g/mol.